The molecule has 0 saturated carbocycles. The standard InChI is InChI=1S/C24H27F5N2O2/c1-24(28,29)14-31-5-4-16-8-17(32)2-3-19(16)23(31)22-20(26)9-18(10-21(22)27)33-7-6-30-12-15(11-25)13-30/h2-3,8-10,15,23,32H,4-7,11-14H2,1H3/t23-/m0/s1. The number of benzene rings is 2. The molecule has 2 aromatic carbocycles. The maximum atomic E-state index is 15.2. The van der Waals surface area contributed by atoms with Crippen LogP contribution in [0.3, 0.4) is 0 Å². The molecule has 0 spiro atoms. The zero-order valence-corrected chi connectivity index (χ0v) is 18.3. The topological polar surface area (TPSA) is 35.9 Å². The van der Waals surface area contributed by atoms with Crippen molar-refractivity contribution >= 4 is 0 Å². The first-order chi connectivity index (χ1) is 15.6. The van der Waals surface area contributed by atoms with Gasteiger partial charge in [-0.15, -0.1) is 0 Å². The number of hydrogen-bond acceptors (Lipinski definition) is 4. The maximum absolute atomic E-state index is 15.2. The van der Waals surface area contributed by atoms with E-state index in [1.165, 1.54) is 23.1 Å². The lowest BCUT2D eigenvalue weighted by molar-refractivity contribution is -0.0245. The predicted octanol–water partition coefficient (Wildman–Crippen LogP) is 4.55. The molecule has 1 atom stereocenters. The number of fused-ring (bicyclic) bond motifs is 1. The zero-order chi connectivity index (χ0) is 23.8. The minimum atomic E-state index is -3.05. The van der Waals surface area contributed by atoms with Gasteiger partial charge < -0.3 is 9.84 Å². The first kappa shape index (κ1) is 23.8. The average Bonchev–Trinajstić information content (AvgIpc) is 2.69. The van der Waals surface area contributed by atoms with Gasteiger partial charge in [0.15, 0.2) is 0 Å². The highest BCUT2D eigenvalue weighted by Gasteiger charge is 2.37. The van der Waals surface area contributed by atoms with E-state index in [1.807, 2.05) is 4.90 Å². The van der Waals surface area contributed by atoms with Crippen LogP contribution in [0, 0.1) is 17.6 Å². The Kier molecular flexibility index (Phi) is 6.81. The summed E-state index contributed by atoms with van der Waals surface area (Å²) in [6.45, 7) is 1.89. The number of alkyl halides is 3. The fourth-order valence-electron chi connectivity index (χ4n) is 4.69. The van der Waals surface area contributed by atoms with Crippen LogP contribution in [0.15, 0.2) is 30.3 Å². The molecule has 2 aliphatic rings. The number of hydrogen-bond donors (Lipinski definition) is 1. The van der Waals surface area contributed by atoms with Gasteiger partial charge in [0.1, 0.15) is 29.7 Å². The Bertz CT molecular complexity index is 968. The van der Waals surface area contributed by atoms with Gasteiger partial charge in [0.05, 0.1) is 19.3 Å². The summed E-state index contributed by atoms with van der Waals surface area (Å²) in [7, 11) is 0. The second-order valence-electron chi connectivity index (χ2n) is 9.01. The lowest BCUT2D eigenvalue weighted by atomic mass is 9.87. The number of halogens is 5. The van der Waals surface area contributed by atoms with Gasteiger partial charge in [0, 0.05) is 56.7 Å². The van der Waals surface area contributed by atoms with Gasteiger partial charge in [-0.25, -0.2) is 17.6 Å². The Morgan fingerprint density at radius 1 is 1.12 bits per heavy atom. The normalized spacial score (nSPS) is 19.9. The van der Waals surface area contributed by atoms with Gasteiger partial charge in [0.25, 0.3) is 5.92 Å². The van der Waals surface area contributed by atoms with E-state index in [9.17, 15) is 18.3 Å². The number of aromatic hydroxyl groups is 1. The van der Waals surface area contributed by atoms with E-state index in [-0.39, 0.29) is 42.8 Å². The van der Waals surface area contributed by atoms with Crippen LogP contribution in [0.4, 0.5) is 22.0 Å². The third-order valence-electron chi connectivity index (χ3n) is 6.19. The Hall–Kier alpha value is -2.39. The van der Waals surface area contributed by atoms with Gasteiger partial charge in [-0.05, 0) is 29.7 Å². The smallest absolute Gasteiger partial charge is 0.257 e. The van der Waals surface area contributed by atoms with Gasteiger partial charge in [-0.2, -0.15) is 0 Å². The number of nitrogens with zero attached hydrogens (tertiary/aromatic N) is 2. The Morgan fingerprint density at radius 3 is 2.45 bits per heavy atom. The second kappa shape index (κ2) is 9.46. The van der Waals surface area contributed by atoms with Crippen molar-refractivity contribution in [2.45, 2.75) is 25.3 Å². The quantitative estimate of drug-likeness (QED) is 0.575. The lowest BCUT2D eigenvalue weighted by Gasteiger charge is -2.39. The van der Waals surface area contributed by atoms with Crippen molar-refractivity contribution in [3.8, 4) is 11.5 Å². The number of phenolic OH excluding ortho intramolecular Hbond substituents is 1. The fourth-order valence-corrected chi connectivity index (χ4v) is 4.69. The molecule has 1 saturated heterocycles. The molecule has 0 unspecified atom stereocenters. The molecule has 0 aliphatic carbocycles. The van der Waals surface area contributed by atoms with Crippen LogP contribution in [0.1, 0.15) is 29.7 Å². The molecule has 2 aromatic rings. The van der Waals surface area contributed by atoms with E-state index < -0.39 is 30.1 Å². The lowest BCUT2D eigenvalue weighted by Crippen LogP contribution is -2.49. The van der Waals surface area contributed by atoms with Crippen LogP contribution in [0.2, 0.25) is 0 Å². The minimum absolute atomic E-state index is 0.00502. The average molecular weight is 470 g/mol. The molecule has 4 nitrogen and oxygen atoms in total. The van der Waals surface area contributed by atoms with Crippen LogP contribution in [-0.4, -0.2) is 66.8 Å². The minimum Gasteiger partial charge on any atom is -0.508 e. The van der Waals surface area contributed by atoms with Crippen molar-refractivity contribution in [3.05, 3.63) is 58.7 Å². The molecule has 4 rings (SSSR count). The van der Waals surface area contributed by atoms with Crippen LogP contribution in [0.25, 0.3) is 0 Å². The highest BCUT2D eigenvalue weighted by Crippen LogP contribution is 2.40. The molecular formula is C24H27F5N2O2. The Balaban J connectivity index is 1.57. The maximum Gasteiger partial charge on any atom is 0.257 e. The van der Waals surface area contributed by atoms with Crippen LogP contribution in [-0.2, 0) is 6.42 Å². The number of ether oxygens (including phenoxy) is 1. The molecule has 0 aromatic heterocycles. The van der Waals surface area contributed by atoms with Crippen LogP contribution < -0.4 is 4.74 Å². The molecule has 9 heteroatoms. The highest BCUT2D eigenvalue weighted by molar-refractivity contribution is 5.45. The molecule has 0 radical (unpaired) electrons. The van der Waals surface area contributed by atoms with E-state index in [0.29, 0.717) is 37.2 Å². The number of likely N-dealkylation sites (tertiary alicyclic amines) is 1. The molecule has 1 fully saturated rings. The summed E-state index contributed by atoms with van der Waals surface area (Å²) < 4.78 is 76.2. The summed E-state index contributed by atoms with van der Waals surface area (Å²) in [5.41, 5.74) is 0.817. The predicted molar refractivity (Wildman–Crippen MR) is 114 cm³/mol. The second-order valence-corrected chi connectivity index (χ2v) is 9.01. The monoisotopic (exact) mass is 470 g/mol. The number of rotatable bonds is 8. The van der Waals surface area contributed by atoms with Gasteiger partial charge in [-0.1, -0.05) is 6.07 Å². The third-order valence-corrected chi connectivity index (χ3v) is 6.19. The molecule has 180 valence electrons. The molecule has 0 amide bonds. The molecule has 0 bridgehead atoms. The van der Waals surface area contributed by atoms with Crippen molar-refractivity contribution in [2.75, 3.05) is 46.0 Å². The van der Waals surface area contributed by atoms with Crippen molar-refractivity contribution in [3.63, 3.8) is 0 Å². The summed E-state index contributed by atoms with van der Waals surface area (Å²) in [5.74, 6) is -4.78. The van der Waals surface area contributed by atoms with E-state index in [0.717, 1.165) is 19.1 Å². The molecule has 33 heavy (non-hydrogen) atoms. The van der Waals surface area contributed by atoms with E-state index in [1.54, 1.807) is 0 Å². The molecule has 1 N–H and O–H groups in total. The van der Waals surface area contributed by atoms with Crippen LogP contribution >= 0.6 is 0 Å². The van der Waals surface area contributed by atoms with Crippen molar-refractivity contribution in [2.24, 2.45) is 5.92 Å². The summed E-state index contributed by atoms with van der Waals surface area (Å²) in [6.07, 6.45) is 0.376. The first-order valence-electron chi connectivity index (χ1n) is 11.0. The summed E-state index contributed by atoms with van der Waals surface area (Å²) in [4.78, 5) is 3.36. The van der Waals surface area contributed by atoms with Crippen molar-refractivity contribution in [1.29, 1.82) is 0 Å². The highest BCUT2D eigenvalue weighted by atomic mass is 19.3. The SMILES string of the molecule is CC(F)(F)CN1CCc2cc(O)ccc2[C@H]1c1c(F)cc(OCCN2CC(CF)C2)cc1F. The summed E-state index contributed by atoms with van der Waals surface area (Å²) >= 11 is 0. The van der Waals surface area contributed by atoms with Crippen LogP contribution in [0.5, 0.6) is 11.5 Å². The molecule has 2 heterocycles. The van der Waals surface area contributed by atoms with Gasteiger partial charge in [0.2, 0.25) is 0 Å². The molecular weight excluding hydrogens is 443 g/mol. The third kappa shape index (κ3) is 5.41. The fraction of sp³-hybridized carbons (Fsp3) is 0.500. The Labute approximate surface area is 189 Å². The van der Waals surface area contributed by atoms with E-state index >= 15 is 8.78 Å². The summed E-state index contributed by atoms with van der Waals surface area (Å²) in [6, 6.07) is 5.48. The summed E-state index contributed by atoms with van der Waals surface area (Å²) in [5, 5.41) is 9.79. The molecule has 2 aliphatic heterocycles. The first-order valence-corrected chi connectivity index (χ1v) is 11.0. The van der Waals surface area contributed by atoms with Crippen molar-refractivity contribution in [1.82, 2.24) is 9.80 Å². The largest absolute Gasteiger partial charge is 0.508 e. The zero-order valence-electron chi connectivity index (χ0n) is 18.3. The van der Waals surface area contributed by atoms with Gasteiger partial charge >= 0.3 is 0 Å². The Morgan fingerprint density at radius 2 is 1.82 bits per heavy atom. The van der Waals surface area contributed by atoms with E-state index in [4.69, 9.17) is 4.74 Å². The van der Waals surface area contributed by atoms with Crippen molar-refractivity contribution < 1.29 is 31.8 Å². The van der Waals surface area contributed by atoms with Gasteiger partial charge in [-0.3, -0.25) is 14.2 Å². The van der Waals surface area contributed by atoms with E-state index in [2.05, 4.69) is 0 Å². The number of phenols is 1.